The molecule has 0 saturated carbocycles. The normalized spacial score (nSPS) is 10.7. The van der Waals surface area contributed by atoms with Gasteiger partial charge >= 0.3 is 0 Å². The Balaban J connectivity index is 2.30. The second-order valence-corrected chi connectivity index (χ2v) is 4.07. The van der Waals surface area contributed by atoms with Gasteiger partial charge in [0.15, 0.2) is 0 Å². The molecule has 0 aliphatic rings. The van der Waals surface area contributed by atoms with Crippen LogP contribution in [-0.2, 0) is 0 Å². The minimum atomic E-state index is 0.782. The summed E-state index contributed by atoms with van der Waals surface area (Å²) in [6, 6.07) is 7.70. The number of rotatable bonds is 2. The average molecular weight is 237 g/mol. The first kappa shape index (κ1) is 10.6. The summed E-state index contributed by atoms with van der Waals surface area (Å²) in [5.74, 6) is 0. The van der Waals surface area contributed by atoms with Gasteiger partial charge < -0.3 is 0 Å². The predicted molar refractivity (Wildman–Crippen MR) is 69.6 cm³/mol. The van der Waals surface area contributed by atoms with E-state index in [1.807, 2.05) is 31.2 Å². The van der Waals surface area contributed by atoms with Crippen LogP contribution in [-0.4, -0.2) is 25.6 Å². The van der Waals surface area contributed by atoms with Crippen molar-refractivity contribution in [1.82, 2.24) is 25.6 Å². The van der Waals surface area contributed by atoms with Gasteiger partial charge in [-0.25, -0.2) is 0 Å². The van der Waals surface area contributed by atoms with Gasteiger partial charge in [0, 0.05) is 17.3 Å². The third-order valence-corrected chi connectivity index (χ3v) is 2.78. The van der Waals surface area contributed by atoms with Crippen molar-refractivity contribution >= 4 is 16.6 Å². The number of aromatic nitrogens is 5. The summed E-state index contributed by atoms with van der Waals surface area (Å²) >= 11 is 0. The van der Waals surface area contributed by atoms with E-state index in [2.05, 4.69) is 32.2 Å². The maximum absolute atomic E-state index is 4.19. The number of aromatic amines is 1. The lowest BCUT2D eigenvalue weighted by molar-refractivity contribution is 0.958. The first-order chi connectivity index (χ1) is 8.77. The molecule has 0 bridgehead atoms. The Kier molecular flexibility index (Phi) is 2.37. The number of fused-ring (bicyclic) bond motifs is 1. The van der Waals surface area contributed by atoms with Crippen molar-refractivity contribution in [3.63, 3.8) is 0 Å². The highest BCUT2D eigenvalue weighted by atomic mass is 15.3. The van der Waals surface area contributed by atoms with E-state index in [0.717, 1.165) is 33.4 Å². The van der Waals surface area contributed by atoms with Gasteiger partial charge in [-0.1, -0.05) is 12.6 Å². The highest BCUT2D eigenvalue weighted by Gasteiger charge is 2.12. The monoisotopic (exact) mass is 237 g/mol. The molecule has 0 unspecified atom stereocenters. The van der Waals surface area contributed by atoms with E-state index in [-0.39, 0.29) is 0 Å². The fourth-order valence-corrected chi connectivity index (χ4v) is 1.93. The van der Waals surface area contributed by atoms with Crippen LogP contribution in [0.2, 0.25) is 0 Å². The van der Waals surface area contributed by atoms with Crippen LogP contribution in [0, 0.1) is 0 Å². The van der Waals surface area contributed by atoms with Crippen LogP contribution in [0.5, 0.6) is 0 Å². The first-order valence-electron chi connectivity index (χ1n) is 5.55. The Bertz CT molecular complexity index is 715. The molecule has 0 atom stereocenters. The molecule has 18 heavy (non-hydrogen) atoms. The molecule has 2 aromatic heterocycles. The average Bonchev–Trinajstić information content (AvgIpc) is 2.87. The maximum Gasteiger partial charge on any atom is 0.123 e. The van der Waals surface area contributed by atoms with E-state index in [1.54, 1.807) is 6.20 Å². The van der Waals surface area contributed by atoms with Crippen molar-refractivity contribution < 1.29 is 0 Å². The number of benzene rings is 1. The standard InChI is InChI=1S/C13H11N5/c1-8(2)9-5-6-10(11-4-3-7-14-15-11)13-12(9)16-18-17-13/h3-7H,1H2,2H3,(H,16,17,18). The van der Waals surface area contributed by atoms with Gasteiger partial charge in [0.2, 0.25) is 0 Å². The van der Waals surface area contributed by atoms with Gasteiger partial charge in [-0.05, 0) is 30.7 Å². The third kappa shape index (κ3) is 1.57. The van der Waals surface area contributed by atoms with Crippen molar-refractivity contribution in [2.24, 2.45) is 0 Å². The van der Waals surface area contributed by atoms with Gasteiger partial charge in [-0.2, -0.15) is 25.6 Å². The Morgan fingerprint density at radius 1 is 1.17 bits per heavy atom. The number of nitrogens with one attached hydrogen (secondary N) is 1. The van der Waals surface area contributed by atoms with E-state index in [4.69, 9.17) is 0 Å². The Hall–Kier alpha value is -2.56. The van der Waals surface area contributed by atoms with Gasteiger partial charge in [0.1, 0.15) is 11.0 Å². The third-order valence-electron chi connectivity index (χ3n) is 2.78. The van der Waals surface area contributed by atoms with E-state index >= 15 is 0 Å². The summed E-state index contributed by atoms with van der Waals surface area (Å²) in [5.41, 5.74) is 5.24. The van der Waals surface area contributed by atoms with E-state index in [1.165, 1.54) is 0 Å². The molecule has 0 radical (unpaired) electrons. The minimum Gasteiger partial charge on any atom is -0.197 e. The van der Waals surface area contributed by atoms with Gasteiger partial charge in [0.25, 0.3) is 0 Å². The zero-order valence-corrected chi connectivity index (χ0v) is 9.88. The zero-order chi connectivity index (χ0) is 12.5. The lowest BCUT2D eigenvalue weighted by Crippen LogP contribution is -1.89. The Morgan fingerprint density at radius 2 is 2.00 bits per heavy atom. The summed E-state index contributed by atoms with van der Waals surface area (Å²) in [7, 11) is 0. The smallest absolute Gasteiger partial charge is 0.123 e. The summed E-state index contributed by atoms with van der Waals surface area (Å²) < 4.78 is 0. The van der Waals surface area contributed by atoms with Crippen LogP contribution in [0.15, 0.2) is 37.0 Å². The van der Waals surface area contributed by atoms with Crippen molar-refractivity contribution in [3.05, 3.63) is 42.6 Å². The van der Waals surface area contributed by atoms with Gasteiger partial charge in [0.05, 0.1) is 5.69 Å². The predicted octanol–water partition coefficient (Wildman–Crippen LogP) is 2.45. The van der Waals surface area contributed by atoms with E-state index < -0.39 is 0 Å². The van der Waals surface area contributed by atoms with E-state index in [9.17, 15) is 0 Å². The number of nitrogens with zero attached hydrogens (tertiary/aromatic N) is 4. The fraction of sp³-hybridized carbons (Fsp3) is 0.0769. The summed E-state index contributed by atoms with van der Waals surface area (Å²) in [6.45, 7) is 5.90. The zero-order valence-electron chi connectivity index (χ0n) is 9.88. The van der Waals surface area contributed by atoms with Gasteiger partial charge in [-0.3, -0.25) is 0 Å². The minimum absolute atomic E-state index is 0.782. The van der Waals surface area contributed by atoms with Crippen molar-refractivity contribution in [1.29, 1.82) is 0 Å². The lowest BCUT2D eigenvalue weighted by atomic mass is 10.0. The molecule has 2 heterocycles. The molecule has 1 aromatic carbocycles. The topological polar surface area (TPSA) is 67.3 Å². The molecule has 0 spiro atoms. The van der Waals surface area contributed by atoms with Crippen LogP contribution in [0.3, 0.4) is 0 Å². The molecule has 3 aromatic rings. The largest absolute Gasteiger partial charge is 0.197 e. The van der Waals surface area contributed by atoms with Crippen molar-refractivity contribution in [2.45, 2.75) is 6.92 Å². The molecule has 0 aliphatic carbocycles. The van der Waals surface area contributed by atoms with Crippen LogP contribution in [0.4, 0.5) is 0 Å². The molecule has 0 saturated heterocycles. The second-order valence-electron chi connectivity index (χ2n) is 4.07. The Morgan fingerprint density at radius 3 is 2.72 bits per heavy atom. The number of H-pyrrole nitrogens is 1. The Labute approximate surface area is 104 Å². The van der Waals surface area contributed by atoms with Crippen molar-refractivity contribution in [3.8, 4) is 11.3 Å². The fourth-order valence-electron chi connectivity index (χ4n) is 1.93. The van der Waals surface area contributed by atoms with Crippen LogP contribution in [0.1, 0.15) is 12.5 Å². The van der Waals surface area contributed by atoms with Crippen molar-refractivity contribution in [2.75, 3.05) is 0 Å². The van der Waals surface area contributed by atoms with Crippen LogP contribution >= 0.6 is 0 Å². The molecular weight excluding hydrogens is 226 g/mol. The second kappa shape index (κ2) is 4.03. The number of hydrogen-bond donors (Lipinski definition) is 1. The van der Waals surface area contributed by atoms with Crippen LogP contribution in [0.25, 0.3) is 27.9 Å². The quantitative estimate of drug-likeness (QED) is 0.743. The molecule has 1 N–H and O–H groups in total. The molecule has 3 rings (SSSR count). The lowest BCUT2D eigenvalue weighted by Gasteiger charge is -2.04. The first-order valence-corrected chi connectivity index (χ1v) is 5.55. The molecule has 0 aliphatic heterocycles. The summed E-state index contributed by atoms with van der Waals surface area (Å²) in [6.07, 6.45) is 1.64. The SMILES string of the molecule is C=C(C)c1ccc(-c2cccnn2)c2n[nH]nc12. The molecule has 88 valence electrons. The van der Waals surface area contributed by atoms with Gasteiger partial charge in [-0.15, -0.1) is 0 Å². The molecule has 5 nitrogen and oxygen atoms in total. The molecule has 0 fully saturated rings. The molecule has 0 amide bonds. The summed E-state index contributed by atoms with van der Waals surface area (Å²) in [4.78, 5) is 0. The molecule has 5 heteroatoms. The molecular formula is C13H11N5. The highest BCUT2D eigenvalue weighted by molar-refractivity contribution is 5.96. The van der Waals surface area contributed by atoms with E-state index in [0.29, 0.717) is 0 Å². The van der Waals surface area contributed by atoms with Crippen LogP contribution < -0.4 is 0 Å². The summed E-state index contributed by atoms with van der Waals surface area (Å²) in [5, 5.41) is 19.0. The number of hydrogen-bond acceptors (Lipinski definition) is 4. The maximum atomic E-state index is 4.19. The number of allylic oxidation sites excluding steroid dienone is 1. The highest BCUT2D eigenvalue weighted by Crippen LogP contribution is 2.29.